The van der Waals surface area contributed by atoms with Gasteiger partial charge >= 0.3 is 0 Å². The molecular formula is C13H22N4. The minimum atomic E-state index is 0.470. The average molecular weight is 234 g/mol. The van der Waals surface area contributed by atoms with Gasteiger partial charge in [-0.15, -0.1) is 0 Å². The van der Waals surface area contributed by atoms with Crippen molar-refractivity contribution >= 4 is 12.1 Å². The zero-order valence-electron chi connectivity index (χ0n) is 11.4. The summed E-state index contributed by atoms with van der Waals surface area (Å²) in [5.74, 6) is 0.971. The van der Waals surface area contributed by atoms with Gasteiger partial charge in [0.2, 0.25) is 0 Å². The fourth-order valence-electron chi connectivity index (χ4n) is 0.772. The summed E-state index contributed by atoms with van der Waals surface area (Å²) in [5, 5.41) is 0. The minimum Gasteiger partial charge on any atom is -0.239 e. The number of amidine groups is 1. The SMILES string of the molecule is C=CN=C(N=CC)c1ncccn1.CC.CC. The van der Waals surface area contributed by atoms with Crippen LogP contribution in [-0.4, -0.2) is 22.0 Å². The van der Waals surface area contributed by atoms with E-state index in [-0.39, 0.29) is 0 Å². The first-order valence-corrected chi connectivity index (χ1v) is 5.83. The molecule has 0 bridgehead atoms. The van der Waals surface area contributed by atoms with Crippen LogP contribution in [-0.2, 0) is 0 Å². The van der Waals surface area contributed by atoms with Crippen molar-refractivity contribution in [2.24, 2.45) is 9.98 Å². The molecule has 0 radical (unpaired) electrons. The lowest BCUT2D eigenvalue weighted by atomic mass is 10.5. The normalized spacial score (nSPS) is 9.82. The predicted octanol–water partition coefficient (Wildman–Crippen LogP) is 3.51. The molecule has 0 fully saturated rings. The fraction of sp³-hybridized carbons (Fsp3) is 0.385. The smallest absolute Gasteiger partial charge is 0.197 e. The van der Waals surface area contributed by atoms with Crippen molar-refractivity contribution in [3.05, 3.63) is 37.1 Å². The molecule has 0 aliphatic carbocycles. The zero-order valence-corrected chi connectivity index (χ0v) is 11.4. The molecule has 4 nitrogen and oxygen atoms in total. The van der Waals surface area contributed by atoms with E-state index in [0.29, 0.717) is 11.7 Å². The van der Waals surface area contributed by atoms with Gasteiger partial charge in [0.1, 0.15) is 0 Å². The molecular weight excluding hydrogens is 212 g/mol. The second-order valence-corrected chi connectivity index (χ2v) is 2.09. The van der Waals surface area contributed by atoms with Crippen LogP contribution in [0.5, 0.6) is 0 Å². The summed E-state index contributed by atoms with van der Waals surface area (Å²) in [7, 11) is 0. The highest BCUT2D eigenvalue weighted by Crippen LogP contribution is 1.94. The number of aliphatic imine (C=N–C) groups is 2. The Morgan fingerprint density at radius 1 is 1.18 bits per heavy atom. The van der Waals surface area contributed by atoms with Crippen LogP contribution in [0.1, 0.15) is 40.4 Å². The van der Waals surface area contributed by atoms with Crippen LogP contribution in [0.4, 0.5) is 0 Å². The summed E-state index contributed by atoms with van der Waals surface area (Å²) in [6.07, 6.45) is 6.34. The van der Waals surface area contributed by atoms with E-state index in [1.807, 2.05) is 34.6 Å². The van der Waals surface area contributed by atoms with Crippen LogP contribution in [0, 0.1) is 0 Å². The third-order valence-corrected chi connectivity index (χ3v) is 1.23. The van der Waals surface area contributed by atoms with Crippen LogP contribution in [0.25, 0.3) is 0 Å². The van der Waals surface area contributed by atoms with E-state index in [1.54, 1.807) is 24.7 Å². The Bertz CT molecular complexity index is 329. The second kappa shape index (κ2) is 14.2. The van der Waals surface area contributed by atoms with Crippen LogP contribution >= 0.6 is 0 Å². The van der Waals surface area contributed by atoms with Crippen LogP contribution in [0.3, 0.4) is 0 Å². The average Bonchev–Trinajstić information content (AvgIpc) is 2.44. The van der Waals surface area contributed by atoms with Gasteiger partial charge in [0.05, 0.1) is 0 Å². The zero-order chi connectivity index (χ0) is 13.5. The molecule has 0 N–H and O–H groups in total. The number of rotatable bonds is 2. The molecule has 1 rings (SSSR count). The monoisotopic (exact) mass is 234 g/mol. The van der Waals surface area contributed by atoms with Gasteiger partial charge in [0.15, 0.2) is 11.7 Å². The number of nitrogens with zero attached hydrogens (tertiary/aromatic N) is 4. The van der Waals surface area contributed by atoms with Gasteiger partial charge in [-0.3, -0.25) is 0 Å². The van der Waals surface area contributed by atoms with E-state index in [1.165, 1.54) is 6.20 Å². The van der Waals surface area contributed by atoms with Crippen molar-refractivity contribution in [2.45, 2.75) is 34.6 Å². The molecule has 0 unspecified atom stereocenters. The maximum atomic E-state index is 4.01. The number of hydrogen-bond donors (Lipinski definition) is 0. The third kappa shape index (κ3) is 8.02. The maximum absolute atomic E-state index is 4.01. The first kappa shape index (κ1) is 17.6. The van der Waals surface area contributed by atoms with Crippen molar-refractivity contribution in [3.63, 3.8) is 0 Å². The molecule has 0 spiro atoms. The van der Waals surface area contributed by atoms with E-state index in [9.17, 15) is 0 Å². The van der Waals surface area contributed by atoms with Crippen LogP contribution in [0.2, 0.25) is 0 Å². The molecule has 94 valence electrons. The summed E-state index contributed by atoms with van der Waals surface area (Å²) in [5.41, 5.74) is 0. The molecule has 1 aromatic heterocycles. The predicted molar refractivity (Wildman–Crippen MR) is 75.6 cm³/mol. The number of hydrogen-bond acceptors (Lipinski definition) is 3. The van der Waals surface area contributed by atoms with E-state index in [4.69, 9.17) is 0 Å². The largest absolute Gasteiger partial charge is 0.239 e. The van der Waals surface area contributed by atoms with Gasteiger partial charge in [-0.25, -0.2) is 20.0 Å². The minimum absolute atomic E-state index is 0.470. The first-order valence-electron chi connectivity index (χ1n) is 5.83. The van der Waals surface area contributed by atoms with Crippen LogP contribution < -0.4 is 0 Å². The van der Waals surface area contributed by atoms with Crippen molar-refractivity contribution in [2.75, 3.05) is 0 Å². The summed E-state index contributed by atoms with van der Waals surface area (Å²) < 4.78 is 0. The van der Waals surface area contributed by atoms with E-state index < -0.39 is 0 Å². The van der Waals surface area contributed by atoms with Crippen molar-refractivity contribution < 1.29 is 0 Å². The molecule has 0 atom stereocenters. The van der Waals surface area contributed by atoms with Gasteiger partial charge in [-0.05, 0) is 13.0 Å². The molecule has 0 aliphatic heterocycles. The van der Waals surface area contributed by atoms with E-state index >= 15 is 0 Å². The Hall–Kier alpha value is -1.84. The molecule has 0 aliphatic rings. The van der Waals surface area contributed by atoms with Gasteiger partial charge in [-0.2, -0.15) is 0 Å². The lowest BCUT2D eigenvalue weighted by Gasteiger charge is -1.95. The molecule has 1 aromatic rings. The Labute approximate surface area is 104 Å². The van der Waals surface area contributed by atoms with Gasteiger partial charge in [0.25, 0.3) is 0 Å². The van der Waals surface area contributed by atoms with E-state index in [0.717, 1.165) is 0 Å². The summed E-state index contributed by atoms with van der Waals surface area (Å²) in [6.45, 7) is 13.3. The van der Waals surface area contributed by atoms with Crippen molar-refractivity contribution in [1.29, 1.82) is 0 Å². The summed E-state index contributed by atoms with van der Waals surface area (Å²) in [4.78, 5) is 16.0. The molecule has 17 heavy (non-hydrogen) atoms. The maximum Gasteiger partial charge on any atom is 0.197 e. The molecule has 0 amide bonds. The third-order valence-electron chi connectivity index (χ3n) is 1.23. The Morgan fingerprint density at radius 3 is 2.12 bits per heavy atom. The Balaban J connectivity index is 0. The highest BCUT2D eigenvalue weighted by atomic mass is 15.0. The molecule has 4 heteroatoms. The van der Waals surface area contributed by atoms with Crippen molar-refractivity contribution in [3.8, 4) is 0 Å². The fourth-order valence-corrected chi connectivity index (χ4v) is 0.772. The molecule has 0 saturated carbocycles. The first-order chi connectivity index (χ1) is 8.38. The van der Waals surface area contributed by atoms with Crippen LogP contribution in [0.15, 0.2) is 41.2 Å². The topological polar surface area (TPSA) is 50.5 Å². The van der Waals surface area contributed by atoms with Gasteiger partial charge < -0.3 is 0 Å². The lowest BCUT2D eigenvalue weighted by molar-refractivity contribution is 1.12. The molecule has 0 aromatic carbocycles. The number of aromatic nitrogens is 2. The Kier molecular flexibility index (Phi) is 14.6. The van der Waals surface area contributed by atoms with E-state index in [2.05, 4.69) is 26.5 Å². The Morgan fingerprint density at radius 2 is 1.71 bits per heavy atom. The highest BCUT2D eigenvalue weighted by molar-refractivity contribution is 6.00. The van der Waals surface area contributed by atoms with Crippen molar-refractivity contribution in [1.82, 2.24) is 9.97 Å². The molecule has 0 saturated heterocycles. The van der Waals surface area contributed by atoms with Gasteiger partial charge in [0, 0.05) is 24.8 Å². The standard InChI is InChI=1S/C9H10N4.2C2H6/c1-3-10-8(11-4-2)9-12-6-5-7-13-9;2*1-2/h3-7H,1H2,2H3;2*1-2H3. The highest BCUT2D eigenvalue weighted by Gasteiger charge is 2.00. The molecule has 1 heterocycles. The van der Waals surface area contributed by atoms with Gasteiger partial charge in [-0.1, -0.05) is 34.3 Å². The summed E-state index contributed by atoms with van der Waals surface area (Å²) in [6, 6.07) is 1.74. The lowest BCUT2D eigenvalue weighted by Crippen LogP contribution is -2.02. The second-order valence-electron chi connectivity index (χ2n) is 2.09. The summed E-state index contributed by atoms with van der Waals surface area (Å²) >= 11 is 0. The quantitative estimate of drug-likeness (QED) is 0.580.